The number of nitrogens with zero attached hydrogens (tertiary/aromatic N) is 2. The first-order valence-corrected chi connectivity index (χ1v) is 8.11. The molecule has 1 aliphatic heterocycles. The molecule has 120 valence electrons. The van der Waals surface area contributed by atoms with E-state index < -0.39 is 0 Å². The predicted octanol–water partition coefficient (Wildman–Crippen LogP) is 2.10. The highest BCUT2D eigenvalue weighted by Crippen LogP contribution is 2.13. The Hall–Kier alpha value is -2.17. The maximum Gasteiger partial charge on any atom is 0.253 e. The molecule has 23 heavy (non-hydrogen) atoms. The maximum atomic E-state index is 12.6. The van der Waals surface area contributed by atoms with Gasteiger partial charge in [0.05, 0.1) is 0 Å². The molecular formula is C19H23N3O. The van der Waals surface area contributed by atoms with Gasteiger partial charge in [-0.3, -0.25) is 9.69 Å². The van der Waals surface area contributed by atoms with Crippen LogP contribution in [-0.2, 0) is 13.1 Å². The minimum atomic E-state index is 0.111. The van der Waals surface area contributed by atoms with E-state index in [0.717, 1.165) is 43.9 Å². The van der Waals surface area contributed by atoms with Gasteiger partial charge in [0.1, 0.15) is 0 Å². The largest absolute Gasteiger partial charge is 0.336 e. The van der Waals surface area contributed by atoms with Crippen molar-refractivity contribution in [2.75, 3.05) is 26.2 Å². The molecule has 4 nitrogen and oxygen atoms in total. The fourth-order valence-corrected chi connectivity index (χ4v) is 2.96. The number of hydrogen-bond donors (Lipinski definition) is 1. The molecule has 0 atom stereocenters. The van der Waals surface area contributed by atoms with Gasteiger partial charge in [-0.1, -0.05) is 42.5 Å². The van der Waals surface area contributed by atoms with Gasteiger partial charge in [-0.25, -0.2) is 0 Å². The number of hydrogen-bond acceptors (Lipinski definition) is 3. The van der Waals surface area contributed by atoms with Crippen LogP contribution in [0.15, 0.2) is 54.6 Å². The first-order chi connectivity index (χ1) is 11.3. The van der Waals surface area contributed by atoms with Crippen molar-refractivity contribution in [3.05, 3.63) is 71.3 Å². The zero-order valence-corrected chi connectivity index (χ0v) is 13.3. The standard InChI is InChI=1S/C19H23N3O/c20-14-17-7-4-8-18(13-17)19(23)22-11-9-21(10-12-22)15-16-5-2-1-3-6-16/h1-8,13H,9-12,14-15,20H2. The molecule has 0 aromatic heterocycles. The average Bonchev–Trinajstić information content (AvgIpc) is 2.63. The summed E-state index contributed by atoms with van der Waals surface area (Å²) in [4.78, 5) is 16.9. The molecule has 2 aromatic rings. The molecular weight excluding hydrogens is 286 g/mol. The summed E-state index contributed by atoms with van der Waals surface area (Å²) in [6.07, 6.45) is 0. The van der Waals surface area contributed by atoms with Crippen LogP contribution in [0.5, 0.6) is 0 Å². The summed E-state index contributed by atoms with van der Waals surface area (Å²) in [7, 11) is 0. The normalized spacial score (nSPS) is 15.6. The Morgan fingerprint density at radius 3 is 2.30 bits per heavy atom. The molecule has 0 radical (unpaired) electrons. The Morgan fingerprint density at radius 1 is 0.913 bits per heavy atom. The smallest absolute Gasteiger partial charge is 0.253 e. The molecule has 2 aromatic carbocycles. The third-order valence-corrected chi connectivity index (χ3v) is 4.32. The van der Waals surface area contributed by atoms with E-state index in [2.05, 4.69) is 29.2 Å². The lowest BCUT2D eigenvalue weighted by Gasteiger charge is -2.34. The summed E-state index contributed by atoms with van der Waals surface area (Å²) in [6.45, 7) is 4.79. The summed E-state index contributed by atoms with van der Waals surface area (Å²) >= 11 is 0. The van der Waals surface area contributed by atoms with Crippen LogP contribution in [0.2, 0.25) is 0 Å². The molecule has 0 saturated carbocycles. The second-order valence-corrected chi connectivity index (χ2v) is 5.96. The number of nitrogens with two attached hydrogens (primary N) is 1. The topological polar surface area (TPSA) is 49.6 Å². The minimum Gasteiger partial charge on any atom is -0.336 e. The monoisotopic (exact) mass is 309 g/mol. The number of rotatable bonds is 4. The highest BCUT2D eigenvalue weighted by Gasteiger charge is 2.22. The summed E-state index contributed by atoms with van der Waals surface area (Å²) in [5, 5.41) is 0. The van der Waals surface area contributed by atoms with E-state index in [9.17, 15) is 4.79 Å². The molecule has 1 saturated heterocycles. The quantitative estimate of drug-likeness (QED) is 0.941. The number of carbonyl (C=O) groups excluding carboxylic acids is 1. The summed E-state index contributed by atoms with van der Waals surface area (Å²) in [5.74, 6) is 0.111. The van der Waals surface area contributed by atoms with Gasteiger partial charge in [0, 0.05) is 44.8 Å². The van der Waals surface area contributed by atoms with E-state index in [1.165, 1.54) is 5.56 Å². The number of piperazine rings is 1. The molecule has 1 amide bonds. The van der Waals surface area contributed by atoms with E-state index in [-0.39, 0.29) is 5.91 Å². The van der Waals surface area contributed by atoms with Gasteiger partial charge < -0.3 is 10.6 Å². The molecule has 2 N–H and O–H groups in total. The van der Waals surface area contributed by atoms with E-state index in [4.69, 9.17) is 5.73 Å². The predicted molar refractivity (Wildman–Crippen MR) is 92.0 cm³/mol. The number of benzene rings is 2. The minimum absolute atomic E-state index is 0.111. The SMILES string of the molecule is NCc1cccc(C(=O)N2CCN(Cc3ccccc3)CC2)c1. The molecule has 3 rings (SSSR count). The lowest BCUT2D eigenvalue weighted by molar-refractivity contribution is 0.0628. The second kappa shape index (κ2) is 7.40. The van der Waals surface area contributed by atoms with E-state index in [0.29, 0.717) is 6.54 Å². The fourth-order valence-electron chi connectivity index (χ4n) is 2.96. The van der Waals surface area contributed by atoms with Gasteiger partial charge in [0.25, 0.3) is 5.91 Å². The zero-order valence-electron chi connectivity index (χ0n) is 13.3. The molecule has 0 bridgehead atoms. The Morgan fingerprint density at radius 2 is 1.61 bits per heavy atom. The summed E-state index contributed by atoms with van der Waals surface area (Å²) < 4.78 is 0. The second-order valence-electron chi connectivity index (χ2n) is 5.96. The third kappa shape index (κ3) is 3.97. The van der Waals surface area contributed by atoms with E-state index in [1.807, 2.05) is 35.2 Å². The van der Waals surface area contributed by atoms with Crippen molar-refractivity contribution in [1.82, 2.24) is 9.80 Å². The molecule has 1 aliphatic rings. The molecule has 4 heteroatoms. The van der Waals surface area contributed by atoms with E-state index in [1.54, 1.807) is 0 Å². The van der Waals surface area contributed by atoms with Crippen molar-refractivity contribution in [2.24, 2.45) is 5.73 Å². The van der Waals surface area contributed by atoms with Crippen molar-refractivity contribution in [3.8, 4) is 0 Å². The summed E-state index contributed by atoms with van der Waals surface area (Å²) in [6, 6.07) is 18.1. The van der Waals surface area contributed by atoms with Crippen LogP contribution in [0.3, 0.4) is 0 Å². The van der Waals surface area contributed by atoms with Crippen molar-refractivity contribution in [3.63, 3.8) is 0 Å². The van der Waals surface area contributed by atoms with Gasteiger partial charge in [-0.2, -0.15) is 0 Å². The number of carbonyl (C=O) groups is 1. The molecule has 0 spiro atoms. The number of amides is 1. The fraction of sp³-hybridized carbons (Fsp3) is 0.316. The van der Waals surface area contributed by atoms with Gasteiger partial charge in [0.15, 0.2) is 0 Å². The lowest BCUT2D eigenvalue weighted by atomic mass is 10.1. The Labute approximate surface area is 137 Å². The van der Waals surface area contributed by atoms with Gasteiger partial charge in [-0.15, -0.1) is 0 Å². The van der Waals surface area contributed by atoms with Crippen LogP contribution < -0.4 is 5.73 Å². The average molecular weight is 309 g/mol. The van der Waals surface area contributed by atoms with Crippen LogP contribution in [0, 0.1) is 0 Å². The molecule has 1 fully saturated rings. The molecule has 1 heterocycles. The van der Waals surface area contributed by atoms with Crippen LogP contribution in [0.1, 0.15) is 21.5 Å². The molecule has 0 unspecified atom stereocenters. The highest BCUT2D eigenvalue weighted by atomic mass is 16.2. The van der Waals surface area contributed by atoms with Crippen LogP contribution >= 0.6 is 0 Å². The lowest BCUT2D eigenvalue weighted by Crippen LogP contribution is -2.48. The Balaban J connectivity index is 1.57. The van der Waals surface area contributed by atoms with Gasteiger partial charge in [-0.05, 0) is 23.3 Å². The Kier molecular flexibility index (Phi) is 5.05. The van der Waals surface area contributed by atoms with Crippen molar-refractivity contribution in [2.45, 2.75) is 13.1 Å². The Bertz CT molecular complexity index is 649. The first kappa shape index (κ1) is 15.7. The van der Waals surface area contributed by atoms with Crippen LogP contribution in [0.4, 0.5) is 0 Å². The van der Waals surface area contributed by atoms with Crippen molar-refractivity contribution in [1.29, 1.82) is 0 Å². The van der Waals surface area contributed by atoms with Crippen molar-refractivity contribution < 1.29 is 4.79 Å². The van der Waals surface area contributed by atoms with Gasteiger partial charge >= 0.3 is 0 Å². The summed E-state index contributed by atoms with van der Waals surface area (Å²) in [5.41, 5.74) is 8.72. The third-order valence-electron chi connectivity index (χ3n) is 4.32. The highest BCUT2D eigenvalue weighted by molar-refractivity contribution is 5.94. The maximum absolute atomic E-state index is 12.6. The molecule has 0 aliphatic carbocycles. The zero-order chi connectivity index (χ0) is 16.1. The van der Waals surface area contributed by atoms with Crippen molar-refractivity contribution >= 4 is 5.91 Å². The van der Waals surface area contributed by atoms with Crippen LogP contribution in [-0.4, -0.2) is 41.9 Å². The van der Waals surface area contributed by atoms with Gasteiger partial charge in [0.2, 0.25) is 0 Å². The first-order valence-electron chi connectivity index (χ1n) is 8.11. The van der Waals surface area contributed by atoms with Crippen LogP contribution in [0.25, 0.3) is 0 Å². The van der Waals surface area contributed by atoms with E-state index >= 15 is 0 Å².